The highest BCUT2D eigenvalue weighted by Crippen LogP contribution is 2.38. The van der Waals surface area contributed by atoms with Gasteiger partial charge in [-0.25, -0.2) is 4.79 Å². The molecule has 1 atom stereocenters. The van der Waals surface area contributed by atoms with Crippen LogP contribution < -0.4 is 19.5 Å². The number of hydrogen-bond donors (Lipinski definition) is 1. The Morgan fingerprint density at radius 3 is 2.43 bits per heavy atom. The summed E-state index contributed by atoms with van der Waals surface area (Å²) in [6.07, 6.45) is -1.19. The molecule has 0 radical (unpaired) electrons. The molecule has 0 saturated heterocycles. The Hall–Kier alpha value is -3.82. The van der Waals surface area contributed by atoms with Crippen LogP contribution in [-0.2, 0) is 9.53 Å². The molecule has 1 amide bonds. The number of nitro groups is 1. The molecule has 3 rings (SSSR count). The number of amides is 1. The fourth-order valence-electron chi connectivity index (χ4n) is 2.44. The summed E-state index contributed by atoms with van der Waals surface area (Å²) in [4.78, 5) is 35.2. The molecular weight excluding hydrogens is 372 g/mol. The zero-order valence-corrected chi connectivity index (χ0v) is 15.0. The Morgan fingerprint density at radius 1 is 1.18 bits per heavy atom. The van der Waals surface area contributed by atoms with Crippen molar-refractivity contribution in [1.29, 1.82) is 0 Å². The van der Waals surface area contributed by atoms with E-state index in [4.69, 9.17) is 18.9 Å². The van der Waals surface area contributed by atoms with E-state index in [0.717, 1.165) is 12.1 Å². The maximum absolute atomic E-state index is 12.4. The molecule has 28 heavy (non-hydrogen) atoms. The van der Waals surface area contributed by atoms with Gasteiger partial charge in [0.1, 0.15) is 11.3 Å². The second kappa shape index (κ2) is 7.82. The second-order valence-corrected chi connectivity index (χ2v) is 5.75. The highest BCUT2D eigenvalue weighted by molar-refractivity contribution is 5.99. The summed E-state index contributed by atoms with van der Waals surface area (Å²) >= 11 is 0. The third kappa shape index (κ3) is 3.95. The number of anilines is 1. The zero-order valence-electron chi connectivity index (χ0n) is 15.0. The molecule has 0 spiro atoms. The number of carbonyl (C=O) groups is 2. The van der Waals surface area contributed by atoms with E-state index in [1.165, 1.54) is 14.0 Å². The lowest BCUT2D eigenvalue weighted by Crippen LogP contribution is -2.30. The smallest absolute Gasteiger partial charge is 0.346 e. The molecule has 10 nitrogen and oxygen atoms in total. The van der Waals surface area contributed by atoms with Gasteiger partial charge in [0.2, 0.25) is 6.79 Å². The van der Waals surface area contributed by atoms with E-state index in [9.17, 15) is 19.7 Å². The summed E-state index contributed by atoms with van der Waals surface area (Å²) in [6.45, 7) is 1.25. The van der Waals surface area contributed by atoms with Gasteiger partial charge in [0.25, 0.3) is 11.6 Å². The number of methoxy groups -OCH3 is 1. The van der Waals surface area contributed by atoms with Crippen molar-refractivity contribution in [3.63, 3.8) is 0 Å². The molecule has 0 bridgehead atoms. The monoisotopic (exact) mass is 388 g/mol. The van der Waals surface area contributed by atoms with Crippen LogP contribution in [0.25, 0.3) is 0 Å². The molecule has 1 aliphatic rings. The van der Waals surface area contributed by atoms with Gasteiger partial charge in [0.15, 0.2) is 17.6 Å². The first-order valence-corrected chi connectivity index (χ1v) is 8.13. The normalized spacial score (nSPS) is 12.8. The lowest BCUT2D eigenvalue weighted by atomic mass is 10.1. The van der Waals surface area contributed by atoms with Gasteiger partial charge in [0, 0.05) is 11.8 Å². The van der Waals surface area contributed by atoms with Crippen molar-refractivity contribution < 1.29 is 33.5 Å². The Balaban J connectivity index is 1.71. The average Bonchev–Trinajstić information content (AvgIpc) is 3.15. The maximum Gasteiger partial charge on any atom is 0.346 e. The number of nitrogens with one attached hydrogen (secondary N) is 1. The predicted molar refractivity (Wildman–Crippen MR) is 95.7 cm³/mol. The third-order valence-corrected chi connectivity index (χ3v) is 3.92. The Kier molecular flexibility index (Phi) is 5.30. The van der Waals surface area contributed by atoms with Gasteiger partial charge in [0.05, 0.1) is 18.1 Å². The van der Waals surface area contributed by atoms with Crippen LogP contribution in [0, 0.1) is 10.1 Å². The molecule has 2 aromatic rings. The maximum atomic E-state index is 12.4. The van der Waals surface area contributed by atoms with E-state index in [1.54, 1.807) is 24.3 Å². The van der Waals surface area contributed by atoms with Gasteiger partial charge < -0.3 is 24.3 Å². The van der Waals surface area contributed by atoms with Crippen molar-refractivity contribution >= 4 is 23.3 Å². The van der Waals surface area contributed by atoms with Crippen LogP contribution in [-0.4, -0.2) is 36.8 Å². The van der Waals surface area contributed by atoms with Gasteiger partial charge in [-0.2, -0.15) is 0 Å². The summed E-state index contributed by atoms with van der Waals surface area (Å²) in [5.41, 5.74) is -0.363. The lowest BCUT2D eigenvalue weighted by Gasteiger charge is -2.14. The van der Waals surface area contributed by atoms with Crippen LogP contribution in [0.2, 0.25) is 0 Å². The summed E-state index contributed by atoms with van der Waals surface area (Å²) in [5, 5.41) is 13.8. The minimum absolute atomic E-state index is 0.105. The fraction of sp³-hybridized carbons (Fsp3) is 0.222. The number of carbonyl (C=O) groups excluding carboxylic acids is 2. The molecule has 146 valence electrons. The van der Waals surface area contributed by atoms with Crippen LogP contribution in [0.15, 0.2) is 36.4 Å². The Labute approximate surface area is 159 Å². The van der Waals surface area contributed by atoms with Crippen LogP contribution in [0.1, 0.15) is 17.3 Å². The second-order valence-electron chi connectivity index (χ2n) is 5.75. The standard InChI is InChI=1S/C18H16N2O8/c1-10(17(21)19-11-3-5-12(25-2)6-4-11)28-18(22)13-7-15-16(27-9-26-15)8-14(13)20(23)24/h3-8,10H,9H2,1-2H3,(H,19,21). The van der Waals surface area contributed by atoms with E-state index in [1.807, 2.05) is 0 Å². The van der Waals surface area contributed by atoms with E-state index in [2.05, 4.69) is 5.32 Å². The lowest BCUT2D eigenvalue weighted by molar-refractivity contribution is -0.385. The van der Waals surface area contributed by atoms with E-state index in [-0.39, 0.29) is 23.9 Å². The molecule has 2 aromatic carbocycles. The third-order valence-electron chi connectivity index (χ3n) is 3.92. The van der Waals surface area contributed by atoms with Gasteiger partial charge >= 0.3 is 5.97 Å². The minimum atomic E-state index is -1.19. The predicted octanol–water partition coefficient (Wildman–Crippen LogP) is 2.52. The summed E-state index contributed by atoms with van der Waals surface area (Å²) in [6, 6.07) is 8.80. The number of esters is 1. The van der Waals surface area contributed by atoms with E-state index >= 15 is 0 Å². The molecule has 1 N–H and O–H groups in total. The first-order chi connectivity index (χ1) is 13.4. The number of rotatable bonds is 6. The highest BCUT2D eigenvalue weighted by atomic mass is 16.7. The number of ether oxygens (including phenoxy) is 4. The molecular formula is C18H16N2O8. The van der Waals surface area contributed by atoms with Gasteiger partial charge in [-0.3, -0.25) is 14.9 Å². The van der Waals surface area contributed by atoms with Crippen molar-refractivity contribution in [3.05, 3.63) is 52.1 Å². The van der Waals surface area contributed by atoms with Crippen LogP contribution in [0.5, 0.6) is 17.2 Å². The van der Waals surface area contributed by atoms with Crippen molar-refractivity contribution in [2.24, 2.45) is 0 Å². The Bertz CT molecular complexity index is 926. The highest BCUT2D eigenvalue weighted by Gasteiger charge is 2.30. The van der Waals surface area contributed by atoms with Crippen molar-refractivity contribution in [2.75, 3.05) is 19.2 Å². The number of fused-ring (bicyclic) bond motifs is 1. The quantitative estimate of drug-likeness (QED) is 0.454. The SMILES string of the molecule is COc1ccc(NC(=O)C(C)OC(=O)c2cc3c(cc2[N+](=O)[O-])OCO3)cc1. The van der Waals surface area contributed by atoms with Crippen molar-refractivity contribution in [3.8, 4) is 17.2 Å². The molecule has 0 saturated carbocycles. The summed E-state index contributed by atoms with van der Waals surface area (Å²) < 4.78 is 20.3. The van der Waals surface area contributed by atoms with Gasteiger partial charge in [-0.15, -0.1) is 0 Å². The van der Waals surface area contributed by atoms with E-state index in [0.29, 0.717) is 11.4 Å². The minimum Gasteiger partial charge on any atom is -0.497 e. The first kappa shape index (κ1) is 19.0. The molecule has 0 fully saturated rings. The molecule has 1 unspecified atom stereocenters. The van der Waals surface area contributed by atoms with Crippen LogP contribution in [0.3, 0.4) is 0 Å². The van der Waals surface area contributed by atoms with Gasteiger partial charge in [-0.05, 0) is 31.2 Å². The number of nitrogens with zero attached hydrogens (tertiary/aromatic N) is 1. The molecule has 1 aliphatic heterocycles. The van der Waals surface area contributed by atoms with Gasteiger partial charge in [-0.1, -0.05) is 0 Å². The number of benzene rings is 2. The summed E-state index contributed by atoms with van der Waals surface area (Å²) in [5.74, 6) is -0.654. The molecule has 0 aromatic heterocycles. The van der Waals surface area contributed by atoms with E-state index < -0.39 is 28.6 Å². The summed E-state index contributed by atoms with van der Waals surface area (Å²) in [7, 11) is 1.52. The fourth-order valence-corrected chi connectivity index (χ4v) is 2.44. The average molecular weight is 388 g/mol. The van der Waals surface area contributed by atoms with Crippen LogP contribution >= 0.6 is 0 Å². The first-order valence-electron chi connectivity index (χ1n) is 8.13. The largest absolute Gasteiger partial charge is 0.497 e. The van der Waals surface area contributed by atoms with Crippen molar-refractivity contribution in [1.82, 2.24) is 0 Å². The topological polar surface area (TPSA) is 126 Å². The molecule has 10 heteroatoms. The molecule has 0 aliphatic carbocycles. The van der Waals surface area contributed by atoms with Crippen LogP contribution in [0.4, 0.5) is 11.4 Å². The number of hydrogen-bond acceptors (Lipinski definition) is 8. The van der Waals surface area contributed by atoms with Crippen molar-refractivity contribution in [2.45, 2.75) is 13.0 Å². The zero-order chi connectivity index (χ0) is 20.3. The Morgan fingerprint density at radius 2 is 1.82 bits per heavy atom. The molecule has 1 heterocycles. The number of nitro benzene ring substituents is 1.